The smallest absolute Gasteiger partial charge is 0.255 e. The molecule has 4 heteroatoms. The number of nitrogens with one attached hydrogen (secondary N) is 1. The molecule has 1 N–H and O–H groups in total. The highest BCUT2D eigenvalue weighted by Crippen LogP contribution is 2.36. The molecule has 4 nitrogen and oxygen atoms in total. The molecule has 1 saturated carbocycles. The van der Waals surface area contributed by atoms with E-state index in [2.05, 4.69) is 12.2 Å². The number of fused-ring (bicyclic) bond motifs is 1. The van der Waals surface area contributed by atoms with E-state index in [0.717, 1.165) is 49.2 Å². The topological polar surface area (TPSA) is 49.4 Å². The average Bonchev–Trinajstić information content (AvgIpc) is 3.41. The minimum Gasteiger partial charge on any atom is -0.322 e. The van der Waals surface area contributed by atoms with Gasteiger partial charge in [0.05, 0.1) is 0 Å². The van der Waals surface area contributed by atoms with Crippen LogP contribution in [0.15, 0.2) is 42.5 Å². The maximum Gasteiger partial charge on any atom is 0.255 e. The molecule has 1 aliphatic heterocycles. The van der Waals surface area contributed by atoms with Crippen molar-refractivity contribution >= 4 is 23.2 Å². The first-order chi connectivity index (χ1) is 12.2. The third-order valence-electron chi connectivity index (χ3n) is 5.05. The fourth-order valence-corrected chi connectivity index (χ4v) is 3.35. The molecule has 128 valence electrons. The Morgan fingerprint density at radius 3 is 2.56 bits per heavy atom. The van der Waals surface area contributed by atoms with Crippen molar-refractivity contribution in [2.24, 2.45) is 5.92 Å². The Morgan fingerprint density at radius 2 is 1.88 bits per heavy atom. The second kappa shape index (κ2) is 6.36. The summed E-state index contributed by atoms with van der Waals surface area (Å²) in [5.41, 5.74) is 4.74. The minimum atomic E-state index is -0.112. The van der Waals surface area contributed by atoms with E-state index in [-0.39, 0.29) is 17.7 Å². The van der Waals surface area contributed by atoms with Crippen LogP contribution in [0.3, 0.4) is 0 Å². The molecule has 1 fully saturated rings. The molecule has 0 spiro atoms. The molecule has 0 radical (unpaired) electrons. The SMILES string of the molecule is CCc1ccc(NC(=O)c2ccc3c(c2)CCN3C(=O)C2CC2)cc1. The van der Waals surface area contributed by atoms with Gasteiger partial charge in [0, 0.05) is 29.4 Å². The Kier molecular flexibility index (Phi) is 4.04. The predicted molar refractivity (Wildman–Crippen MR) is 99.0 cm³/mol. The highest BCUT2D eigenvalue weighted by Gasteiger charge is 2.36. The van der Waals surface area contributed by atoms with Crippen LogP contribution in [0.2, 0.25) is 0 Å². The van der Waals surface area contributed by atoms with Crippen LogP contribution in [0.4, 0.5) is 11.4 Å². The molecule has 1 aliphatic carbocycles. The lowest BCUT2D eigenvalue weighted by atomic mass is 10.1. The van der Waals surface area contributed by atoms with Gasteiger partial charge in [-0.3, -0.25) is 9.59 Å². The van der Waals surface area contributed by atoms with Crippen LogP contribution >= 0.6 is 0 Å². The summed E-state index contributed by atoms with van der Waals surface area (Å²) in [6.45, 7) is 2.84. The second-order valence-corrected chi connectivity index (χ2v) is 6.86. The standard InChI is InChI=1S/C21H22N2O2/c1-2-14-3-8-18(9-4-14)22-20(24)17-7-10-19-16(13-17)11-12-23(19)21(25)15-5-6-15/h3-4,7-10,13,15H,2,5-6,11-12H2,1H3,(H,22,24). The number of nitrogens with zero attached hydrogens (tertiary/aromatic N) is 1. The van der Waals surface area contributed by atoms with Crippen molar-refractivity contribution in [3.05, 3.63) is 59.2 Å². The van der Waals surface area contributed by atoms with E-state index in [0.29, 0.717) is 5.56 Å². The van der Waals surface area contributed by atoms with Crippen molar-refractivity contribution in [3.8, 4) is 0 Å². The Labute approximate surface area is 147 Å². The van der Waals surface area contributed by atoms with Crippen molar-refractivity contribution in [1.82, 2.24) is 0 Å². The lowest BCUT2D eigenvalue weighted by Crippen LogP contribution is -2.30. The number of hydrogen-bond acceptors (Lipinski definition) is 2. The zero-order chi connectivity index (χ0) is 17.4. The number of rotatable bonds is 4. The molecular formula is C21H22N2O2. The largest absolute Gasteiger partial charge is 0.322 e. The molecule has 0 atom stereocenters. The van der Waals surface area contributed by atoms with Crippen molar-refractivity contribution in [2.45, 2.75) is 32.6 Å². The van der Waals surface area contributed by atoms with Gasteiger partial charge >= 0.3 is 0 Å². The Bertz CT molecular complexity index is 822. The summed E-state index contributed by atoms with van der Waals surface area (Å²) in [4.78, 5) is 26.7. The van der Waals surface area contributed by atoms with Gasteiger partial charge in [0.2, 0.25) is 5.91 Å². The van der Waals surface area contributed by atoms with Crippen LogP contribution in [0.5, 0.6) is 0 Å². The zero-order valence-electron chi connectivity index (χ0n) is 14.4. The van der Waals surface area contributed by atoms with Gasteiger partial charge in [-0.2, -0.15) is 0 Å². The van der Waals surface area contributed by atoms with E-state index < -0.39 is 0 Å². The van der Waals surface area contributed by atoms with Crippen LogP contribution < -0.4 is 10.2 Å². The first kappa shape index (κ1) is 15.9. The molecule has 2 amide bonds. The summed E-state index contributed by atoms with van der Waals surface area (Å²) in [7, 11) is 0. The fraction of sp³-hybridized carbons (Fsp3) is 0.333. The third-order valence-corrected chi connectivity index (χ3v) is 5.05. The predicted octanol–water partition coefficient (Wildman–Crippen LogP) is 3.80. The summed E-state index contributed by atoms with van der Waals surface area (Å²) in [6.07, 6.45) is 3.83. The molecule has 25 heavy (non-hydrogen) atoms. The second-order valence-electron chi connectivity index (χ2n) is 6.86. The lowest BCUT2D eigenvalue weighted by molar-refractivity contribution is -0.119. The van der Waals surface area contributed by atoms with Crippen LogP contribution in [0.1, 0.15) is 41.3 Å². The first-order valence-corrected chi connectivity index (χ1v) is 9.00. The van der Waals surface area contributed by atoms with Crippen molar-refractivity contribution in [1.29, 1.82) is 0 Å². The monoisotopic (exact) mass is 334 g/mol. The minimum absolute atomic E-state index is 0.112. The number of carbonyl (C=O) groups is 2. The van der Waals surface area contributed by atoms with E-state index in [1.54, 1.807) is 0 Å². The van der Waals surface area contributed by atoms with Crippen molar-refractivity contribution < 1.29 is 9.59 Å². The molecule has 1 heterocycles. The van der Waals surface area contributed by atoms with Crippen molar-refractivity contribution in [3.63, 3.8) is 0 Å². The fourth-order valence-electron chi connectivity index (χ4n) is 3.35. The molecule has 0 saturated heterocycles. The molecule has 4 rings (SSSR count). The van der Waals surface area contributed by atoms with Gasteiger partial charge in [0.15, 0.2) is 0 Å². The first-order valence-electron chi connectivity index (χ1n) is 9.00. The Morgan fingerprint density at radius 1 is 1.12 bits per heavy atom. The summed E-state index contributed by atoms with van der Waals surface area (Å²) >= 11 is 0. The van der Waals surface area contributed by atoms with Gasteiger partial charge in [-0.15, -0.1) is 0 Å². The number of benzene rings is 2. The van der Waals surface area contributed by atoms with Crippen LogP contribution in [-0.4, -0.2) is 18.4 Å². The molecule has 2 aliphatic rings. The van der Waals surface area contributed by atoms with E-state index in [4.69, 9.17) is 0 Å². The van der Waals surface area contributed by atoms with Crippen LogP contribution in [0.25, 0.3) is 0 Å². The van der Waals surface area contributed by atoms with Gasteiger partial charge in [-0.05, 0) is 67.1 Å². The molecule has 2 aromatic rings. The summed E-state index contributed by atoms with van der Waals surface area (Å²) in [6, 6.07) is 13.6. The third kappa shape index (κ3) is 3.16. The molecule has 0 aromatic heterocycles. The van der Waals surface area contributed by atoms with E-state index in [9.17, 15) is 9.59 Å². The number of aryl methyl sites for hydroxylation is 1. The van der Waals surface area contributed by atoms with E-state index in [1.165, 1.54) is 5.56 Å². The quantitative estimate of drug-likeness (QED) is 0.924. The van der Waals surface area contributed by atoms with Gasteiger partial charge < -0.3 is 10.2 Å². The Hall–Kier alpha value is -2.62. The van der Waals surface area contributed by atoms with Crippen molar-refractivity contribution in [2.75, 3.05) is 16.8 Å². The molecule has 0 unspecified atom stereocenters. The maximum absolute atomic E-state index is 12.5. The van der Waals surface area contributed by atoms with Gasteiger partial charge in [-0.25, -0.2) is 0 Å². The molecule has 2 aromatic carbocycles. The summed E-state index contributed by atoms with van der Waals surface area (Å²) < 4.78 is 0. The van der Waals surface area contributed by atoms with Crippen LogP contribution in [0, 0.1) is 5.92 Å². The number of anilines is 2. The maximum atomic E-state index is 12.5. The highest BCUT2D eigenvalue weighted by molar-refractivity contribution is 6.05. The zero-order valence-corrected chi connectivity index (χ0v) is 14.4. The number of carbonyl (C=O) groups excluding carboxylic acids is 2. The van der Waals surface area contributed by atoms with Gasteiger partial charge in [0.25, 0.3) is 5.91 Å². The highest BCUT2D eigenvalue weighted by atomic mass is 16.2. The van der Waals surface area contributed by atoms with E-state index >= 15 is 0 Å². The average molecular weight is 334 g/mol. The summed E-state index contributed by atoms with van der Waals surface area (Å²) in [5.74, 6) is 0.353. The number of hydrogen-bond donors (Lipinski definition) is 1. The van der Waals surface area contributed by atoms with Gasteiger partial charge in [-0.1, -0.05) is 19.1 Å². The van der Waals surface area contributed by atoms with Gasteiger partial charge in [0.1, 0.15) is 0 Å². The number of amides is 2. The summed E-state index contributed by atoms with van der Waals surface area (Å²) in [5, 5.41) is 2.94. The Balaban J connectivity index is 1.49. The molecular weight excluding hydrogens is 312 g/mol. The van der Waals surface area contributed by atoms with E-state index in [1.807, 2.05) is 47.4 Å². The van der Waals surface area contributed by atoms with Crippen LogP contribution in [-0.2, 0) is 17.6 Å². The molecule has 0 bridgehead atoms. The lowest BCUT2D eigenvalue weighted by Gasteiger charge is -2.17. The normalized spacial score (nSPS) is 15.8.